The predicted octanol–water partition coefficient (Wildman–Crippen LogP) is 1.29. The highest BCUT2D eigenvalue weighted by molar-refractivity contribution is 5.71. The van der Waals surface area contributed by atoms with Crippen molar-refractivity contribution in [3.05, 3.63) is 36.2 Å². The van der Waals surface area contributed by atoms with E-state index in [9.17, 15) is 4.79 Å². The number of benzene rings is 1. The van der Waals surface area contributed by atoms with Crippen LogP contribution in [0.1, 0.15) is 19.7 Å². The van der Waals surface area contributed by atoms with Gasteiger partial charge in [0.05, 0.1) is 25.9 Å². The average molecular weight is 303 g/mol. The zero-order valence-electron chi connectivity index (χ0n) is 13.1. The summed E-state index contributed by atoms with van der Waals surface area (Å²) >= 11 is 0. The Morgan fingerprint density at radius 1 is 1.32 bits per heavy atom. The van der Waals surface area contributed by atoms with Gasteiger partial charge in [-0.05, 0) is 28.5 Å². The van der Waals surface area contributed by atoms with Gasteiger partial charge in [-0.15, -0.1) is 5.10 Å². The van der Waals surface area contributed by atoms with Crippen LogP contribution in [-0.2, 0) is 16.1 Å². The number of methoxy groups -OCH3 is 1. The molecule has 0 N–H and O–H groups in total. The molecule has 7 heteroatoms. The van der Waals surface area contributed by atoms with Crippen LogP contribution in [-0.4, -0.2) is 51.3 Å². The maximum absolute atomic E-state index is 11.6. The minimum absolute atomic E-state index is 0.219. The highest BCUT2D eigenvalue weighted by atomic mass is 16.5. The molecule has 0 fully saturated rings. The van der Waals surface area contributed by atoms with Crippen molar-refractivity contribution in [1.82, 2.24) is 25.1 Å². The minimum Gasteiger partial charge on any atom is -0.468 e. The lowest BCUT2D eigenvalue weighted by atomic mass is 10.2. The largest absolute Gasteiger partial charge is 0.468 e. The number of aromatic nitrogens is 4. The molecule has 0 unspecified atom stereocenters. The number of carbonyl (C=O) groups excluding carboxylic acids is 1. The van der Waals surface area contributed by atoms with Crippen molar-refractivity contribution in [2.45, 2.75) is 20.4 Å². The molecule has 1 aromatic carbocycles. The predicted molar refractivity (Wildman–Crippen MR) is 81.3 cm³/mol. The lowest BCUT2D eigenvalue weighted by Gasteiger charge is -2.22. The molecule has 0 aliphatic carbocycles. The molecule has 1 heterocycles. The lowest BCUT2D eigenvalue weighted by molar-refractivity contribution is -0.142. The molecule has 0 aliphatic heterocycles. The van der Waals surface area contributed by atoms with E-state index in [0.717, 1.165) is 12.2 Å². The molecule has 2 rings (SSSR count). The lowest BCUT2D eigenvalue weighted by Crippen LogP contribution is -2.34. The minimum atomic E-state index is -0.264. The summed E-state index contributed by atoms with van der Waals surface area (Å²) in [5.74, 6) is 0.848. The van der Waals surface area contributed by atoms with Gasteiger partial charge in [0.25, 0.3) is 0 Å². The van der Waals surface area contributed by atoms with Gasteiger partial charge in [-0.2, -0.15) is 4.68 Å². The standard InChI is InChI=1S/C15H21N5O2/c1-12(2)9-19(11-15(21)22-3)10-14-16-17-18-20(14)13-7-5-4-6-8-13/h4-8,12H,9-11H2,1-3H3. The zero-order valence-corrected chi connectivity index (χ0v) is 13.1. The monoisotopic (exact) mass is 303 g/mol. The number of nitrogens with zero attached hydrogens (tertiary/aromatic N) is 5. The summed E-state index contributed by atoms with van der Waals surface area (Å²) in [6, 6.07) is 9.68. The van der Waals surface area contributed by atoms with Crippen molar-refractivity contribution < 1.29 is 9.53 Å². The number of ether oxygens (including phenoxy) is 1. The Bertz CT molecular complexity index is 597. The summed E-state index contributed by atoms with van der Waals surface area (Å²) in [7, 11) is 1.39. The van der Waals surface area contributed by atoms with Crippen molar-refractivity contribution in [3.8, 4) is 5.69 Å². The van der Waals surface area contributed by atoms with Crippen LogP contribution >= 0.6 is 0 Å². The third-order valence-electron chi connectivity index (χ3n) is 3.10. The molecule has 0 atom stereocenters. The fourth-order valence-electron chi connectivity index (χ4n) is 2.22. The van der Waals surface area contributed by atoms with Crippen LogP contribution in [0.3, 0.4) is 0 Å². The van der Waals surface area contributed by atoms with Gasteiger partial charge in [0.15, 0.2) is 5.82 Å². The maximum atomic E-state index is 11.6. The van der Waals surface area contributed by atoms with Crippen LogP contribution in [0.2, 0.25) is 0 Å². The first kappa shape index (κ1) is 16.1. The fourth-order valence-corrected chi connectivity index (χ4v) is 2.22. The van der Waals surface area contributed by atoms with E-state index in [1.807, 2.05) is 35.2 Å². The van der Waals surface area contributed by atoms with E-state index in [1.165, 1.54) is 7.11 Å². The summed E-state index contributed by atoms with van der Waals surface area (Å²) in [5.41, 5.74) is 0.894. The smallest absolute Gasteiger partial charge is 0.319 e. The van der Waals surface area contributed by atoms with E-state index in [1.54, 1.807) is 4.68 Å². The highest BCUT2D eigenvalue weighted by Gasteiger charge is 2.17. The van der Waals surface area contributed by atoms with Crippen LogP contribution in [0.25, 0.3) is 5.69 Å². The SMILES string of the molecule is COC(=O)CN(Cc1nnnn1-c1ccccc1)CC(C)C. The maximum Gasteiger partial charge on any atom is 0.319 e. The van der Waals surface area contributed by atoms with Gasteiger partial charge in [0.1, 0.15) is 0 Å². The second-order valence-electron chi connectivity index (χ2n) is 5.48. The summed E-state index contributed by atoms with van der Waals surface area (Å²) < 4.78 is 6.44. The number of para-hydroxylation sites is 1. The van der Waals surface area contributed by atoms with Gasteiger partial charge in [-0.1, -0.05) is 32.0 Å². The molecule has 118 valence electrons. The summed E-state index contributed by atoms with van der Waals surface area (Å²) in [6.07, 6.45) is 0. The summed E-state index contributed by atoms with van der Waals surface area (Å²) in [6.45, 7) is 5.66. The van der Waals surface area contributed by atoms with Gasteiger partial charge in [0, 0.05) is 6.54 Å². The molecule has 0 saturated carbocycles. The fraction of sp³-hybridized carbons (Fsp3) is 0.467. The number of tetrazole rings is 1. The second kappa shape index (κ2) is 7.65. The molecule has 0 saturated heterocycles. The Kier molecular flexibility index (Phi) is 5.60. The molecule has 7 nitrogen and oxygen atoms in total. The molecule has 0 bridgehead atoms. The van der Waals surface area contributed by atoms with Crippen LogP contribution in [0, 0.1) is 5.92 Å². The normalized spacial score (nSPS) is 11.1. The van der Waals surface area contributed by atoms with Crippen molar-refractivity contribution in [1.29, 1.82) is 0 Å². The van der Waals surface area contributed by atoms with Crippen LogP contribution in [0.5, 0.6) is 0 Å². The molecule has 0 amide bonds. The quantitative estimate of drug-likeness (QED) is 0.718. The van der Waals surface area contributed by atoms with E-state index < -0.39 is 0 Å². The summed E-state index contributed by atoms with van der Waals surface area (Å²) in [5, 5.41) is 11.9. The number of hydrogen-bond acceptors (Lipinski definition) is 6. The second-order valence-corrected chi connectivity index (χ2v) is 5.48. The van der Waals surface area contributed by atoms with Crippen molar-refractivity contribution in [3.63, 3.8) is 0 Å². The Morgan fingerprint density at radius 2 is 2.05 bits per heavy atom. The Balaban J connectivity index is 2.16. The first-order valence-corrected chi connectivity index (χ1v) is 7.22. The molecular formula is C15H21N5O2. The third-order valence-corrected chi connectivity index (χ3v) is 3.10. The highest BCUT2D eigenvalue weighted by Crippen LogP contribution is 2.10. The van der Waals surface area contributed by atoms with Gasteiger partial charge in [-0.3, -0.25) is 9.69 Å². The van der Waals surface area contributed by atoms with E-state index in [2.05, 4.69) is 29.4 Å². The number of esters is 1. The van der Waals surface area contributed by atoms with Gasteiger partial charge < -0.3 is 4.74 Å². The van der Waals surface area contributed by atoms with Gasteiger partial charge >= 0.3 is 5.97 Å². The van der Waals surface area contributed by atoms with E-state index in [4.69, 9.17) is 4.74 Å². The first-order chi connectivity index (χ1) is 10.6. The molecule has 2 aromatic rings. The zero-order chi connectivity index (χ0) is 15.9. The van der Waals surface area contributed by atoms with Crippen LogP contribution in [0.15, 0.2) is 30.3 Å². The van der Waals surface area contributed by atoms with Crippen molar-refractivity contribution in [2.24, 2.45) is 5.92 Å². The average Bonchev–Trinajstić information content (AvgIpc) is 2.95. The van der Waals surface area contributed by atoms with Crippen molar-refractivity contribution in [2.75, 3.05) is 20.2 Å². The Labute approximate surface area is 129 Å². The van der Waals surface area contributed by atoms with E-state index in [-0.39, 0.29) is 12.5 Å². The summed E-state index contributed by atoms with van der Waals surface area (Å²) in [4.78, 5) is 13.6. The molecule has 0 spiro atoms. The number of rotatable bonds is 7. The van der Waals surface area contributed by atoms with Crippen molar-refractivity contribution >= 4 is 5.97 Å². The van der Waals surface area contributed by atoms with Crippen LogP contribution in [0.4, 0.5) is 0 Å². The number of hydrogen-bond donors (Lipinski definition) is 0. The molecule has 0 aliphatic rings. The molecule has 1 aromatic heterocycles. The molecule has 22 heavy (non-hydrogen) atoms. The first-order valence-electron chi connectivity index (χ1n) is 7.22. The molecule has 0 radical (unpaired) electrons. The molecular weight excluding hydrogens is 282 g/mol. The Morgan fingerprint density at radius 3 is 2.68 bits per heavy atom. The topological polar surface area (TPSA) is 73.1 Å². The van der Waals surface area contributed by atoms with Gasteiger partial charge in [0.2, 0.25) is 0 Å². The third kappa shape index (κ3) is 4.36. The van der Waals surface area contributed by atoms with E-state index >= 15 is 0 Å². The number of carbonyl (C=O) groups is 1. The van der Waals surface area contributed by atoms with Crippen LogP contribution < -0.4 is 0 Å². The Hall–Kier alpha value is -2.28. The van der Waals surface area contributed by atoms with Gasteiger partial charge in [-0.25, -0.2) is 0 Å². The van der Waals surface area contributed by atoms with E-state index in [0.29, 0.717) is 18.3 Å².